The molecule has 1 atom stereocenters. The number of aliphatic carboxylic acids is 1. The minimum Gasteiger partial charge on any atom is -0.480 e. The van der Waals surface area contributed by atoms with Crippen molar-refractivity contribution < 1.29 is 14.8 Å². The molecule has 1 rings (SSSR count). The number of nitro benzene ring substituents is 1. The summed E-state index contributed by atoms with van der Waals surface area (Å²) in [6.07, 6.45) is 0.474. The topological polar surface area (TPSA) is 80.4 Å². The fourth-order valence-electron chi connectivity index (χ4n) is 1.39. The number of hydrogen-bond acceptors (Lipinski definition) is 4. The Morgan fingerprint density at radius 1 is 1.59 bits per heavy atom. The average Bonchev–Trinajstić information content (AvgIpc) is 2.26. The number of nitro groups is 1. The highest BCUT2D eigenvalue weighted by atomic mass is 32.2. The van der Waals surface area contributed by atoms with E-state index >= 15 is 0 Å². The normalized spacial score (nSPS) is 12.1. The average molecular weight is 255 g/mol. The minimum absolute atomic E-state index is 0.0234. The largest absolute Gasteiger partial charge is 0.480 e. The summed E-state index contributed by atoms with van der Waals surface area (Å²) in [7, 11) is 0. The van der Waals surface area contributed by atoms with Crippen molar-refractivity contribution in [2.24, 2.45) is 0 Å². The standard InChI is InChI=1S/C11H13NO4S/c1-3-9(11(13)14)17-10-6-4-5-8(7(10)2)12(15)16/h4-6,9H,3H2,1-2H3,(H,13,14). The smallest absolute Gasteiger partial charge is 0.316 e. The molecule has 92 valence electrons. The van der Waals surface area contributed by atoms with Crippen molar-refractivity contribution in [3.05, 3.63) is 33.9 Å². The Labute approximate surface area is 103 Å². The molecule has 0 radical (unpaired) electrons. The summed E-state index contributed by atoms with van der Waals surface area (Å²) in [5, 5.41) is 19.1. The molecule has 0 saturated carbocycles. The molecule has 0 saturated heterocycles. The second kappa shape index (κ2) is 5.67. The number of carboxylic acids is 1. The minimum atomic E-state index is -0.900. The van der Waals surface area contributed by atoms with Crippen LogP contribution in [0.2, 0.25) is 0 Å². The summed E-state index contributed by atoms with van der Waals surface area (Å²) in [5.41, 5.74) is 0.539. The summed E-state index contributed by atoms with van der Waals surface area (Å²) >= 11 is 1.15. The van der Waals surface area contributed by atoms with Crippen LogP contribution >= 0.6 is 11.8 Å². The first kappa shape index (κ1) is 13.5. The molecule has 0 aromatic heterocycles. The zero-order chi connectivity index (χ0) is 13.0. The molecule has 1 N–H and O–H groups in total. The predicted octanol–water partition coefficient (Wildman–Crippen LogP) is 2.86. The molecule has 0 spiro atoms. The van der Waals surface area contributed by atoms with Crippen LogP contribution in [-0.2, 0) is 4.79 Å². The third kappa shape index (κ3) is 3.20. The molecule has 6 heteroatoms. The van der Waals surface area contributed by atoms with Gasteiger partial charge in [-0.25, -0.2) is 0 Å². The van der Waals surface area contributed by atoms with Gasteiger partial charge in [0.15, 0.2) is 0 Å². The molecular formula is C11H13NO4S. The Hall–Kier alpha value is -1.56. The molecule has 0 amide bonds. The number of nitrogens with zero attached hydrogens (tertiary/aromatic N) is 1. The number of hydrogen-bond donors (Lipinski definition) is 1. The first-order valence-electron chi connectivity index (χ1n) is 5.10. The zero-order valence-corrected chi connectivity index (χ0v) is 10.4. The molecule has 1 aromatic rings. The highest BCUT2D eigenvalue weighted by Crippen LogP contribution is 2.32. The van der Waals surface area contributed by atoms with Gasteiger partial charge in [-0.2, -0.15) is 0 Å². The quantitative estimate of drug-likeness (QED) is 0.497. The van der Waals surface area contributed by atoms with Gasteiger partial charge < -0.3 is 5.11 Å². The van der Waals surface area contributed by atoms with Gasteiger partial charge in [-0.1, -0.05) is 13.0 Å². The SMILES string of the molecule is CCC(Sc1cccc([N+](=O)[O-])c1C)C(=O)O. The van der Waals surface area contributed by atoms with Crippen LogP contribution in [0.1, 0.15) is 18.9 Å². The lowest BCUT2D eigenvalue weighted by atomic mass is 10.2. The Morgan fingerprint density at radius 3 is 2.71 bits per heavy atom. The maximum atomic E-state index is 10.9. The molecule has 0 bridgehead atoms. The van der Waals surface area contributed by atoms with E-state index in [9.17, 15) is 14.9 Å². The first-order valence-corrected chi connectivity index (χ1v) is 5.98. The van der Waals surface area contributed by atoms with Crippen LogP contribution in [0.4, 0.5) is 5.69 Å². The van der Waals surface area contributed by atoms with Crippen LogP contribution in [0.5, 0.6) is 0 Å². The number of carboxylic acid groups (broad SMARTS) is 1. The van der Waals surface area contributed by atoms with Crippen LogP contribution in [0.25, 0.3) is 0 Å². The second-order valence-electron chi connectivity index (χ2n) is 3.51. The molecule has 1 unspecified atom stereocenters. The molecule has 0 fully saturated rings. The van der Waals surface area contributed by atoms with Gasteiger partial charge in [0.1, 0.15) is 5.25 Å². The van der Waals surface area contributed by atoms with Gasteiger partial charge in [-0.15, -0.1) is 11.8 Å². The van der Waals surface area contributed by atoms with Gasteiger partial charge in [0, 0.05) is 16.5 Å². The maximum absolute atomic E-state index is 10.9. The molecule has 5 nitrogen and oxygen atoms in total. The zero-order valence-electron chi connectivity index (χ0n) is 9.54. The van der Waals surface area contributed by atoms with Gasteiger partial charge >= 0.3 is 5.97 Å². The van der Waals surface area contributed by atoms with Crippen molar-refractivity contribution in [3.8, 4) is 0 Å². The third-order valence-corrected chi connectivity index (χ3v) is 3.88. The van der Waals surface area contributed by atoms with Crippen LogP contribution in [0.15, 0.2) is 23.1 Å². The van der Waals surface area contributed by atoms with E-state index in [-0.39, 0.29) is 5.69 Å². The third-order valence-electron chi connectivity index (χ3n) is 2.37. The lowest BCUT2D eigenvalue weighted by Gasteiger charge is -2.11. The second-order valence-corrected chi connectivity index (χ2v) is 4.75. The van der Waals surface area contributed by atoms with Gasteiger partial charge in [0.2, 0.25) is 0 Å². The fourth-order valence-corrected chi connectivity index (χ4v) is 2.40. The Kier molecular flexibility index (Phi) is 4.51. The first-order chi connectivity index (χ1) is 7.97. The van der Waals surface area contributed by atoms with Crippen molar-refractivity contribution in [3.63, 3.8) is 0 Å². The fraction of sp³-hybridized carbons (Fsp3) is 0.364. The summed E-state index contributed by atoms with van der Waals surface area (Å²) in [5.74, 6) is -0.900. The van der Waals surface area contributed by atoms with Crippen LogP contribution in [0, 0.1) is 17.0 Å². The van der Waals surface area contributed by atoms with E-state index in [4.69, 9.17) is 5.11 Å². The maximum Gasteiger partial charge on any atom is 0.316 e. The van der Waals surface area contributed by atoms with E-state index in [1.807, 2.05) is 0 Å². The van der Waals surface area contributed by atoms with E-state index in [0.717, 1.165) is 11.8 Å². The van der Waals surface area contributed by atoms with Crippen LogP contribution in [-0.4, -0.2) is 21.2 Å². The molecule has 0 aliphatic heterocycles. The van der Waals surface area contributed by atoms with Crippen LogP contribution in [0.3, 0.4) is 0 Å². The van der Waals surface area contributed by atoms with Crippen molar-refractivity contribution in [2.45, 2.75) is 30.4 Å². The Morgan fingerprint density at radius 2 is 2.24 bits per heavy atom. The van der Waals surface area contributed by atoms with E-state index in [1.54, 1.807) is 26.0 Å². The van der Waals surface area contributed by atoms with Crippen molar-refractivity contribution in [2.75, 3.05) is 0 Å². The van der Waals surface area contributed by atoms with Crippen LogP contribution < -0.4 is 0 Å². The number of benzene rings is 1. The molecular weight excluding hydrogens is 242 g/mol. The molecule has 17 heavy (non-hydrogen) atoms. The molecule has 0 aliphatic carbocycles. The van der Waals surface area contributed by atoms with Gasteiger partial charge in [-0.3, -0.25) is 14.9 Å². The van der Waals surface area contributed by atoms with E-state index in [0.29, 0.717) is 16.9 Å². The van der Waals surface area contributed by atoms with Gasteiger partial charge in [0.05, 0.1) is 4.92 Å². The summed E-state index contributed by atoms with van der Waals surface area (Å²) in [4.78, 5) is 21.8. The monoisotopic (exact) mass is 255 g/mol. The molecule has 1 aromatic carbocycles. The number of rotatable bonds is 5. The van der Waals surface area contributed by atoms with Gasteiger partial charge in [0.25, 0.3) is 5.69 Å². The highest BCUT2D eigenvalue weighted by molar-refractivity contribution is 8.00. The Bertz CT molecular complexity index is 447. The van der Waals surface area contributed by atoms with Crippen molar-refractivity contribution >= 4 is 23.4 Å². The van der Waals surface area contributed by atoms with E-state index in [2.05, 4.69) is 0 Å². The van der Waals surface area contributed by atoms with E-state index in [1.165, 1.54) is 6.07 Å². The Balaban J connectivity index is 3.03. The summed E-state index contributed by atoms with van der Waals surface area (Å²) in [6, 6.07) is 4.70. The summed E-state index contributed by atoms with van der Waals surface area (Å²) in [6.45, 7) is 3.41. The molecule has 0 aliphatic rings. The lowest BCUT2D eigenvalue weighted by Crippen LogP contribution is -2.14. The van der Waals surface area contributed by atoms with Crippen molar-refractivity contribution in [1.29, 1.82) is 0 Å². The summed E-state index contributed by atoms with van der Waals surface area (Å²) < 4.78 is 0. The number of carbonyl (C=O) groups is 1. The predicted molar refractivity (Wildman–Crippen MR) is 65.4 cm³/mol. The highest BCUT2D eigenvalue weighted by Gasteiger charge is 2.20. The number of thioether (sulfide) groups is 1. The van der Waals surface area contributed by atoms with Gasteiger partial charge in [-0.05, 0) is 19.4 Å². The lowest BCUT2D eigenvalue weighted by molar-refractivity contribution is -0.385. The van der Waals surface area contributed by atoms with Crippen molar-refractivity contribution in [1.82, 2.24) is 0 Å². The molecule has 0 heterocycles. The van der Waals surface area contributed by atoms with E-state index < -0.39 is 16.1 Å².